The molecular formula is C14H21N3O3. The van der Waals surface area contributed by atoms with Crippen LogP contribution < -0.4 is 11.2 Å². The maximum absolute atomic E-state index is 12.0. The van der Waals surface area contributed by atoms with Gasteiger partial charge in [-0.2, -0.15) is 0 Å². The number of phenolic OH excluding ortho intramolecular Hbond substituents is 2. The summed E-state index contributed by atoms with van der Waals surface area (Å²) in [5.74, 6) is -0.606. The SMILES string of the molecule is N[C@@H](Cc1ccc(O)c(O)c1)C(=O)NN1CCCCC1. The predicted octanol–water partition coefficient (Wildman–Crippen LogP) is 0.485. The molecule has 0 aromatic heterocycles. The molecule has 110 valence electrons. The molecule has 0 saturated carbocycles. The van der Waals surface area contributed by atoms with Gasteiger partial charge in [0.1, 0.15) is 0 Å². The molecule has 6 heteroatoms. The molecule has 0 aliphatic carbocycles. The van der Waals surface area contributed by atoms with E-state index in [4.69, 9.17) is 5.73 Å². The number of nitrogens with two attached hydrogens (primary N) is 1. The van der Waals surface area contributed by atoms with Crippen molar-refractivity contribution in [2.75, 3.05) is 13.1 Å². The lowest BCUT2D eigenvalue weighted by Gasteiger charge is -2.28. The Morgan fingerprint density at radius 1 is 1.25 bits per heavy atom. The van der Waals surface area contributed by atoms with Gasteiger partial charge in [0.05, 0.1) is 6.04 Å². The summed E-state index contributed by atoms with van der Waals surface area (Å²) in [5.41, 5.74) is 9.40. The average Bonchev–Trinajstić information content (AvgIpc) is 2.44. The fourth-order valence-electron chi connectivity index (χ4n) is 2.29. The molecule has 1 fully saturated rings. The summed E-state index contributed by atoms with van der Waals surface area (Å²) in [5, 5.41) is 20.6. The highest BCUT2D eigenvalue weighted by molar-refractivity contribution is 5.81. The van der Waals surface area contributed by atoms with E-state index in [-0.39, 0.29) is 17.4 Å². The number of piperidine rings is 1. The van der Waals surface area contributed by atoms with Gasteiger partial charge in [0.15, 0.2) is 11.5 Å². The molecule has 6 nitrogen and oxygen atoms in total. The van der Waals surface area contributed by atoms with Gasteiger partial charge in [-0.25, -0.2) is 5.01 Å². The van der Waals surface area contributed by atoms with E-state index in [1.54, 1.807) is 6.07 Å². The Bertz CT molecular complexity index is 473. The summed E-state index contributed by atoms with van der Waals surface area (Å²) < 4.78 is 0. The van der Waals surface area contributed by atoms with E-state index in [0.29, 0.717) is 12.0 Å². The molecule has 2 rings (SSSR count). The molecule has 0 spiro atoms. The smallest absolute Gasteiger partial charge is 0.251 e. The van der Waals surface area contributed by atoms with Crippen molar-refractivity contribution in [3.05, 3.63) is 23.8 Å². The molecule has 0 unspecified atom stereocenters. The first kappa shape index (κ1) is 14.6. The minimum Gasteiger partial charge on any atom is -0.504 e. The molecule has 20 heavy (non-hydrogen) atoms. The molecule has 1 atom stereocenters. The van der Waals surface area contributed by atoms with Crippen LogP contribution in [0.3, 0.4) is 0 Å². The molecule has 1 aliphatic heterocycles. The summed E-state index contributed by atoms with van der Waals surface area (Å²) in [6.45, 7) is 1.72. The number of carbonyl (C=O) groups excluding carboxylic acids is 1. The second-order valence-electron chi connectivity index (χ2n) is 5.16. The zero-order valence-corrected chi connectivity index (χ0v) is 11.4. The van der Waals surface area contributed by atoms with E-state index < -0.39 is 6.04 Å². The standard InChI is InChI=1S/C14H21N3O3/c15-11(8-10-4-5-12(18)13(19)9-10)14(20)16-17-6-2-1-3-7-17/h4-5,9,11,18-19H,1-3,6-8,15H2,(H,16,20)/t11-/m0/s1. The number of carbonyl (C=O) groups is 1. The van der Waals surface area contributed by atoms with Crippen molar-refractivity contribution in [2.24, 2.45) is 5.73 Å². The Kier molecular flexibility index (Phi) is 4.81. The minimum atomic E-state index is -0.680. The van der Waals surface area contributed by atoms with Crippen LogP contribution in [0.1, 0.15) is 24.8 Å². The fourth-order valence-corrected chi connectivity index (χ4v) is 2.29. The summed E-state index contributed by atoms with van der Waals surface area (Å²) in [4.78, 5) is 12.0. The third-order valence-electron chi connectivity index (χ3n) is 3.46. The number of amides is 1. The summed E-state index contributed by atoms with van der Waals surface area (Å²) >= 11 is 0. The Morgan fingerprint density at radius 3 is 2.60 bits per heavy atom. The monoisotopic (exact) mass is 279 g/mol. The Labute approximate surface area is 118 Å². The topological polar surface area (TPSA) is 98.8 Å². The maximum atomic E-state index is 12.0. The van der Waals surface area contributed by atoms with Crippen LogP contribution in [0.4, 0.5) is 0 Å². The van der Waals surface area contributed by atoms with Crippen LogP contribution in [0.2, 0.25) is 0 Å². The molecule has 1 aromatic carbocycles. The lowest BCUT2D eigenvalue weighted by Crippen LogP contribution is -2.51. The van der Waals surface area contributed by atoms with Gasteiger partial charge in [-0.1, -0.05) is 12.5 Å². The highest BCUT2D eigenvalue weighted by atomic mass is 16.3. The Morgan fingerprint density at radius 2 is 1.95 bits per heavy atom. The van der Waals surface area contributed by atoms with Gasteiger partial charge in [-0.05, 0) is 37.0 Å². The Balaban J connectivity index is 1.88. The Hall–Kier alpha value is -1.79. The van der Waals surface area contributed by atoms with E-state index in [2.05, 4.69) is 5.43 Å². The van der Waals surface area contributed by atoms with Crippen molar-refractivity contribution in [3.8, 4) is 11.5 Å². The van der Waals surface area contributed by atoms with Crippen molar-refractivity contribution in [3.63, 3.8) is 0 Å². The number of benzene rings is 1. The zero-order chi connectivity index (χ0) is 14.5. The van der Waals surface area contributed by atoms with Gasteiger partial charge < -0.3 is 15.9 Å². The zero-order valence-electron chi connectivity index (χ0n) is 11.4. The molecule has 1 heterocycles. The third-order valence-corrected chi connectivity index (χ3v) is 3.46. The summed E-state index contributed by atoms with van der Waals surface area (Å²) in [6.07, 6.45) is 3.68. The van der Waals surface area contributed by atoms with E-state index >= 15 is 0 Å². The number of rotatable bonds is 4. The van der Waals surface area contributed by atoms with Crippen LogP contribution in [-0.4, -0.2) is 40.3 Å². The minimum absolute atomic E-state index is 0.180. The van der Waals surface area contributed by atoms with Crippen LogP contribution in [0, 0.1) is 0 Å². The quantitative estimate of drug-likeness (QED) is 0.601. The van der Waals surface area contributed by atoms with Gasteiger partial charge >= 0.3 is 0 Å². The molecule has 0 bridgehead atoms. The normalized spacial score (nSPS) is 17.6. The van der Waals surface area contributed by atoms with E-state index in [9.17, 15) is 15.0 Å². The first-order valence-corrected chi connectivity index (χ1v) is 6.88. The average molecular weight is 279 g/mol. The van der Waals surface area contributed by atoms with Gasteiger partial charge in [0.2, 0.25) is 0 Å². The number of nitrogens with one attached hydrogen (secondary N) is 1. The van der Waals surface area contributed by atoms with E-state index in [0.717, 1.165) is 25.9 Å². The van der Waals surface area contributed by atoms with E-state index in [1.165, 1.54) is 18.6 Å². The largest absolute Gasteiger partial charge is 0.504 e. The maximum Gasteiger partial charge on any atom is 0.251 e. The van der Waals surface area contributed by atoms with Crippen LogP contribution in [0.15, 0.2) is 18.2 Å². The van der Waals surface area contributed by atoms with Crippen molar-refractivity contribution in [1.82, 2.24) is 10.4 Å². The van der Waals surface area contributed by atoms with Gasteiger partial charge in [0.25, 0.3) is 5.91 Å². The van der Waals surface area contributed by atoms with Crippen LogP contribution in [0.25, 0.3) is 0 Å². The lowest BCUT2D eigenvalue weighted by molar-refractivity contribution is -0.127. The molecule has 0 radical (unpaired) electrons. The number of phenols is 2. The van der Waals surface area contributed by atoms with Gasteiger partial charge in [-0.3, -0.25) is 10.2 Å². The predicted molar refractivity (Wildman–Crippen MR) is 75.0 cm³/mol. The summed E-state index contributed by atoms with van der Waals surface area (Å²) in [7, 11) is 0. The lowest BCUT2D eigenvalue weighted by atomic mass is 10.1. The first-order chi connectivity index (χ1) is 9.56. The van der Waals surface area contributed by atoms with Crippen molar-refractivity contribution >= 4 is 5.91 Å². The molecule has 1 amide bonds. The van der Waals surface area contributed by atoms with Crippen LogP contribution >= 0.6 is 0 Å². The third kappa shape index (κ3) is 3.85. The van der Waals surface area contributed by atoms with Crippen LogP contribution in [0.5, 0.6) is 11.5 Å². The number of hydrazine groups is 1. The molecule has 5 N–H and O–H groups in total. The highest BCUT2D eigenvalue weighted by Crippen LogP contribution is 2.25. The van der Waals surface area contributed by atoms with Gasteiger partial charge in [0, 0.05) is 13.1 Å². The molecule has 1 aromatic rings. The van der Waals surface area contributed by atoms with Crippen molar-refractivity contribution in [2.45, 2.75) is 31.7 Å². The van der Waals surface area contributed by atoms with Crippen molar-refractivity contribution < 1.29 is 15.0 Å². The molecular weight excluding hydrogens is 258 g/mol. The number of aromatic hydroxyl groups is 2. The first-order valence-electron chi connectivity index (χ1n) is 6.88. The second kappa shape index (κ2) is 6.58. The number of nitrogens with zero attached hydrogens (tertiary/aromatic N) is 1. The highest BCUT2D eigenvalue weighted by Gasteiger charge is 2.18. The fraction of sp³-hybridized carbons (Fsp3) is 0.500. The van der Waals surface area contributed by atoms with Crippen LogP contribution in [-0.2, 0) is 11.2 Å². The van der Waals surface area contributed by atoms with Gasteiger partial charge in [-0.15, -0.1) is 0 Å². The second-order valence-corrected chi connectivity index (χ2v) is 5.16. The molecule has 1 saturated heterocycles. The van der Waals surface area contributed by atoms with E-state index in [1.807, 2.05) is 5.01 Å². The summed E-state index contributed by atoms with van der Waals surface area (Å²) in [6, 6.07) is 3.77. The molecule has 1 aliphatic rings. The number of hydrogen-bond acceptors (Lipinski definition) is 5. The van der Waals surface area contributed by atoms with Crippen molar-refractivity contribution in [1.29, 1.82) is 0 Å². The number of hydrogen-bond donors (Lipinski definition) is 4.